The topological polar surface area (TPSA) is 38.5 Å². The lowest BCUT2D eigenvalue weighted by Gasteiger charge is -2.26. The highest BCUT2D eigenvalue weighted by atomic mass is 16.5. The van der Waals surface area contributed by atoms with Crippen molar-refractivity contribution >= 4 is 11.4 Å². The molecule has 0 aliphatic heterocycles. The smallest absolute Gasteiger partial charge is 0.125 e. The third-order valence-electron chi connectivity index (χ3n) is 3.56. The van der Waals surface area contributed by atoms with Gasteiger partial charge in [-0.15, -0.1) is 0 Å². The number of anilines is 2. The quantitative estimate of drug-likeness (QED) is 0.918. The number of para-hydroxylation sites is 1. The predicted molar refractivity (Wildman–Crippen MR) is 84.8 cm³/mol. The van der Waals surface area contributed by atoms with Crippen molar-refractivity contribution in [2.45, 2.75) is 19.9 Å². The molecule has 0 radical (unpaired) electrons. The molecule has 0 aromatic heterocycles. The molecule has 3 heteroatoms. The minimum absolute atomic E-state index is 0.0902. The average Bonchev–Trinajstić information content (AvgIpc) is 2.46. The van der Waals surface area contributed by atoms with Crippen molar-refractivity contribution in [1.82, 2.24) is 0 Å². The molecule has 3 nitrogen and oxygen atoms in total. The van der Waals surface area contributed by atoms with Crippen LogP contribution in [0.25, 0.3) is 0 Å². The number of rotatable bonds is 4. The summed E-state index contributed by atoms with van der Waals surface area (Å²) < 4.78 is 5.46. The summed E-state index contributed by atoms with van der Waals surface area (Å²) in [5.41, 5.74) is 10.6. The first-order chi connectivity index (χ1) is 9.56. The van der Waals surface area contributed by atoms with E-state index < -0.39 is 0 Å². The van der Waals surface area contributed by atoms with E-state index in [1.54, 1.807) is 7.11 Å². The van der Waals surface area contributed by atoms with E-state index in [4.69, 9.17) is 10.5 Å². The predicted octanol–water partition coefficient (Wildman–Crippen LogP) is 3.79. The standard InChI is InChI=1S/C17H22N2O/c1-12-8-5-6-9-14(12)19(3)15-10-7-11-16(20-4)17(15)13(2)18/h5-11,13H,18H2,1-4H3. The SMILES string of the molecule is COc1cccc(N(C)c2ccccc2C)c1C(C)N. The fourth-order valence-electron chi connectivity index (χ4n) is 2.53. The van der Waals surface area contributed by atoms with Crippen molar-refractivity contribution in [2.24, 2.45) is 5.73 Å². The highest BCUT2D eigenvalue weighted by Crippen LogP contribution is 2.37. The van der Waals surface area contributed by atoms with E-state index in [2.05, 4.69) is 37.1 Å². The van der Waals surface area contributed by atoms with Gasteiger partial charge in [0.05, 0.1) is 7.11 Å². The molecule has 0 aliphatic rings. The summed E-state index contributed by atoms with van der Waals surface area (Å²) in [4.78, 5) is 2.16. The Balaban J connectivity index is 2.55. The number of hydrogen-bond acceptors (Lipinski definition) is 3. The van der Waals surface area contributed by atoms with E-state index in [-0.39, 0.29) is 6.04 Å². The van der Waals surface area contributed by atoms with Gasteiger partial charge >= 0.3 is 0 Å². The largest absolute Gasteiger partial charge is 0.496 e. The van der Waals surface area contributed by atoms with Gasteiger partial charge in [0, 0.05) is 30.0 Å². The molecule has 0 fully saturated rings. The maximum atomic E-state index is 6.14. The average molecular weight is 270 g/mol. The molecular formula is C17H22N2O. The van der Waals surface area contributed by atoms with Gasteiger partial charge in [0.2, 0.25) is 0 Å². The van der Waals surface area contributed by atoms with Crippen molar-refractivity contribution in [1.29, 1.82) is 0 Å². The Bertz CT molecular complexity index is 593. The maximum Gasteiger partial charge on any atom is 0.125 e. The molecule has 0 saturated carbocycles. The molecule has 1 atom stereocenters. The zero-order valence-electron chi connectivity index (χ0n) is 12.6. The Morgan fingerprint density at radius 2 is 1.70 bits per heavy atom. The lowest BCUT2D eigenvalue weighted by atomic mass is 10.0. The van der Waals surface area contributed by atoms with Crippen LogP contribution in [0.5, 0.6) is 5.75 Å². The number of nitrogens with two attached hydrogens (primary N) is 1. The number of benzene rings is 2. The Kier molecular flexibility index (Phi) is 4.30. The van der Waals surface area contributed by atoms with E-state index in [1.165, 1.54) is 11.3 Å². The van der Waals surface area contributed by atoms with Gasteiger partial charge in [-0.2, -0.15) is 0 Å². The van der Waals surface area contributed by atoms with Crippen molar-refractivity contribution in [3.63, 3.8) is 0 Å². The minimum Gasteiger partial charge on any atom is -0.496 e. The van der Waals surface area contributed by atoms with E-state index in [9.17, 15) is 0 Å². The van der Waals surface area contributed by atoms with Crippen LogP contribution in [-0.2, 0) is 0 Å². The molecular weight excluding hydrogens is 248 g/mol. The Hall–Kier alpha value is -2.00. The zero-order valence-corrected chi connectivity index (χ0v) is 12.6. The number of methoxy groups -OCH3 is 1. The molecule has 0 aliphatic carbocycles. The Labute approximate surface area is 121 Å². The van der Waals surface area contributed by atoms with Crippen molar-refractivity contribution in [2.75, 3.05) is 19.1 Å². The number of hydrogen-bond donors (Lipinski definition) is 1. The molecule has 2 rings (SSSR count). The first-order valence-electron chi connectivity index (χ1n) is 6.78. The van der Waals surface area contributed by atoms with Crippen molar-refractivity contribution in [3.8, 4) is 5.75 Å². The van der Waals surface area contributed by atoms with Gasteiger partial charge < -0.3 is 15.4 Å². The Morgan fingerprint density at radius 3 is 2.30 bits per heavy atom. The van der Waals surface area contributed by atoms with E-state index >= 15 is 0 Å². The molecule has 1 unspecified atom stereocenters. The molecule has 0 amide bonds. The van der Waals surface area contributed by atoms with Crippen LogP contribution in [0.2, 0.25) is 0 Å². The van der Waals surface area contributed by atoms with Gasteiger partial charge in [0.25, 0.3) is 0 Å². The van der Waals surface area contributed by atoms with Crippen molar-refractivity contribution in [3.05, 3.63) is 53.6 Å². The normalized spacial score (nSPS) is 12.1. The molecule has 106 valence electrons. The summed E-state index contributed by atoms with van der Waals surface area (Å²) in [5.74, 6) is 0.831. The van der Waals surface area contributed by atoms with Crippen LogP contribution in [0.15, 0.2) is 42.5 Å². The van der Waals surface area contributed by atoms with E-state index in [1.807, 2.05) is 31.2 Å². The third kappa shape index (κ3) is 2.63. The van der Waals surface area contributed by atoms with Crippen LogP contribution in [-0.4, -0.2) is 14.2 Å². The maximum absolute atomic E-state index is 6.14. The van der Waals surface area contributed by atoms with Gasteiger partial charge in [0.1, 0.15) is 5.75 Å². The summed E-state index contributed by atoms with van der Waals surface area (Å²) in [6.07, 6.45) is 0. The summed E-state index contributed by atoms with van der Waals surface area (Å²) in [7, 11) is 3.74. The number of ether oxygens (including phenoxy) is 1. The van der Waals surface area contributed by atoms with Gasteiger partial charge in [-0.3, -0.25) is 0 Å². The molecule has 0 bridgehead atoms. The molecule has 2 aromatic carbocycles. The molecule has 0 heterocycles. The van der Waals surface area contributed by atoms with E-state index in [0.717, 1.165) is 17.0 Å². The molecule has 2 N–H and O–H groups in total. The van der Waals surface area contributed by atoms with Crippen LogP contribution in [0.4, 0.5) is 11.4 Å². The summed E-state index contributed by atoms with van der Waals surface area (Å²) in [5, 5.41) is 0. The van der Waals surface area contributed by atoms with Crippen LogP contribution in [0.1, 0.15) is 24.1 Å². The summed E-state index contributed by atoms with van der Waals surface area (Å²) in [6, 6.07) is 14.2. The Morgan fingerprint density at radius 1 is 1.05 bits per heavy atom. The fourth-order valence-corrected chi connectivity index (χ4v) is 2.53. The van der Waals surface area contributed by atoms with E-state index in [0.29, 0.717) is 0 Å². The van der Waals surface area contributed by atoms with Crippen LogP contribution in [0.3, 0.4) is 0 Å². The second-order valence-corrected chi connectivity index (χ2v) is 5.03. The zero-order chi connectivity index (χ0) is 14.7. The fraction of sp³-hybridized carbons (Fsp3) is 0.294. The summed E-state index contributed by atoms with van der Waals surface area (Å²) >= 11 is 0. The van der Waals surface area contributed by atoms with Crippen LogP contribution in [0, 0.1) is 6.92 Å². The van der Waals surface area contributed by atoms with Crippen molar-refractivity contribution < 1.29 is 4.74 Å². The highest BCUT2D eigenvalue weighted by molar-refractivity contribution is 5.71. The van der Waals surface area contributed by atoms with Gasteiger partial charge in [-0.05, 0) is 37.6 Å². The van der Waals surface area contributed by atoms with Gasteiger partial charge in [-0.25, -0.2) is 0 Å². The second-order valence-electron chi connectivity index (χ2n) is 5.03. The third-order valence-corrected chi connectivity index (χ3v) is 3.56. The molecule has 0 spiro atoms. The summed E-state index contributed by atoms with van der Waals surface area (Å²) in [6.45, 7) is 4.09. The van der Waals surface area contributed by atoms with Gasteiger partial charge in [0.15, 0.2) is 0 Å². The first-order valence-corrected chi connectivity index (χ1v) is 6.78. The lowest BCUT2D eigenvalue weighted by molar-refractivity contribution is 0.407. The molecule has 0 saturated heterocycles. The van der Waals surface area contributed by atoms with Gasteiger partial charge in [-0.1, -0.05) is 24.3 Å². The second kappa shape index (κ2) is 5.97. The first kappa shape index (κ1) is 14.4. The van der Waals surface area contributed by atoms with Crippen LogP contribution >= 0.6 is 0 Å². The minimum atomic E-state index is -0.0902. The van der Waals surface area contributed by atoms with Crippen LogP contribution < -0.4 is 15.4 Å². The molecule has 20 heavy (non-hydrogen) atoms. The number of aryl methyl sites for hydroxylation is 1. The number of nitrogens with zero attached hydrogens (tertiary/aromatic N) is 1. The monoisotopic (exact) mass is 270 g/mol. The highest BCUT2D eigenvalue weighted by Gasteiger charge is 2.17. The molecule has 2 aromatic rings. The lowest BCUT2D eigenvalue weighted by Crippen LogP contribution is -2.17.